The number of likely N-dealkylation sites (tertiary alicyclic amines) is 1. The van der Waals surface area contributed by atoms with E-state index in [2.05, 4.69) is 5.32 Å². The van der Waals surface area contributed by atoms with Crippen LogP contribution in [0.1, 0.15) is 32.1 Å². The number of carbonyl (C=O) groups excluding carboxylic acids is 1. The lowest BCUT2D eigenvalue weighted by Crippen LogP contribution is -2.38. The first-order chi connectivity index (χ1) is 7.20. The SMILES string of the molecule is N=C(N)CCCCNC(=O)N1CCCC1. The maximum Gasteiger partial charge on any atom is 0.317 e. The molecule has 0 spiro atoms. The van der Waals surface area contributed by atoms with Gasteiger partial charge in [0.15, 0.2) is 0 Å². The van der Waals surface area contributed by atoms with Gasteiger partial charge in [0.05, 0.1) is 5.84 Å². The monoisotopic (exact) mass is 212 g/mol. The summed E-state index contributed by atoms with van der Waals surface area (Å²) in [5, 5.41) is 9.91. The Bertz CT molecular complexity index is 223. The molecule has 0 aliphatic carbocycles. The Morgan fingerprint density at radius 2 is 2.00 bits per heavy atom. The molecule has 1 heterocycles. The maximum atomic E-state index is 11.5. The first-order valence-corrected chi connectivity index (χ1v) is 5.56. The van der Waals surface area contributed by atoms with Crippen LogP contribution in [0.15, 0.2) is 0 Å². The zero-order chi connectivity index (χ0) is 11.1. The van der Waals surface area contributed by atoms with Crippen LogP contribution >= 0.6 is 0 Å². The second-order valence-corrected chi connectivity index (χ2v) is 3.91. The predicted octanol–water partition coefficient (Wildman–Crippen LogP) is 0.898. The van der Waals surface area contributed by atoms with Crippen LogP contribution in [-0.4, -0.2) is 36.4 Å². The lowest BCUT2D eigenvalue weighted by atomic mass is 10.2. The molecule has 0 aromatic heterocycles. The number of hydrogen-bond donors (Lipinski definition) is 3. The van der Waals surface area contributed by atoms with Crippen molar-refractivity contribution in [2.24, 2.45) is 5.73 Å². The fourth-order valence-corrected chi connectivity index (χ4v) is 1.67. The van der Waals surface area contributed by atoms with Crippen LogP contribution in [0.25, 0.3) is 0 Å². The minimum atomic E-state index is 0.0512. The van der Waals surface area contributed by atoms with Gasteiger partial charge in [-0.2, -0.15) is 0 Å². The Labute approximate surface area is 90.5 Å². The Morgan fingerprint density at radius 3 is 2.60 bits per heavy atom. The predicted molar refractivity (Wildman–Crippen MR) is 60.0 cm³/mol. The Balaban J connectivity index is 1.99. The van der Waals surface area contributed by atoms with Gasteiger partial charge in [0.2, 0.25) is 0 Å². The molecule has 0 saturated carbocycles. The van der Waals surface area contributed by atoms with Crippen molar-refractivity contribution < 1.29 is 4.79 Å². The molecule has 0 aromatic rings. The number of amides is 2. The number of amidine groups is 1. The van der Waals surface area contributed by atoms with E-state index in [0.29, 0.717) is 13.0 Å². The van der Waals surface area contributed by atoms with Gasteiger partial charge in [-0.1, -0.05) is 0 Å². The van der Waals surface area contributed by atoms with Crippen LogP contribution in [-0.2, 0) is 0 Å². The molecule has 5 nitrogen and oxygen atoms in total. The molecular formula is C10H20N4O. The average molecular weight is 212 g/mol. The minimum absolute atomic E-state index is 0.0512. The van der Waals surface area contributed by atoms with Crippen molar-refractivity contribution >= 4 is 11.9 Å². The molecule has 86 valence electrons. The highest BCUT2D eigenvalue weighted by atomic mass is 16.2. The van der Waals surface area contributed by atoms with Crippen molar-refractivity contribution in [2.45, 2.75) is 32.1 Å². The highest BCUT2D eigenvalue weighted by Gasteiger charge is 2.16. The minimum Gasteiger partial charge on any atom is -0.388 e. The second-order valence-electron chi connectivity index (χ2n) is 3.91. The fraction of sp³-hybridized carbons (Fsp3) is 0.800. The third-order valence-corrected chi connectivity index (χ3v) is 2.54. The largest absolute Gasteiger partial charge is 0.388 e. The van der Waals surface area contributed by atoms with Crippen LogP contribution in [0.2, 0.25) is 0 Å². The molecule has 0 aromatic carbocycles. The van der Waals surface area contributed by atoms with Crippen molar-refractivity contribution in [3.05, 3.63) is 0 Å². The summed E-state index contributed by atoms with van der Waals surface area (Å²) in [6.45, 7) is 2.46. The van der Waals surface area contributed by atoms with Gasteiger partial charge in [0.25, 0.3) is 0 Å². The summed E-state index contributed by atoms with van der Waals surface area (Å²) in [6.07, 6.45) is 4.63. The quantitative estimate of drug-likeness (QED) is 0.359. The first-order valence-electron chi connectivity index (χ1n) is 5.56. The standard InChI is InChI=1S/C10H20N4O/c11-9(12)5-1-2-6-13-10(15)14-7-3-4-8-14/h1-8H2,(H3,11,12)(H,13,15). The zero-order valence-electron chi connectivity index (χ0n) is 9.09. The molecule has 0 radical (unpaired) electrons. The summed E-state index contributed by atoms with van der Waals surface area (Å²) in [5.74, 6) is 0.223. The van der Waals surface area contributed by atoms with Crippen LogP contribution in [0.4, 0.5) is 4.79 Å². The van der Waals surface area contributed by atoms with Gasteiger partial charge in [-0.25, -0.2) is 4.79 Å². The molecule has 1 fully saturated rings. The Kier molecular flexibility index (Phi) is 4.93. The van der Waals surface area contributed by atoms with E-state index >= 15 is 0 Å². The van der Waals surface area contributed by atoms with Crippen LogP contribution in [0.3, 0.4) is 0 Å². The van der Waals surface area contributed by atoms with Crippen molar-refractivity contribution in [2.75, 3.05) is 19.6 Å². The molecule has 0 unspecified atom stereocenters. The smallest absolute Gasteiger partial charge is 0.317 e. The lowest BCUT2D eigenvalue weighted by molar-refractivity contribution is 0.208. The Hall–Kier alpha value is -1.26. The highest BCUT2D eigenvalue weighted by molar-refractivity contribution is 5.76. The summed E-state index contributed by atoms with van der Waals surface area (Å²) in [4.78, 5) is 13.3. The maximum absolute atomic E-state index is 11.5. The van der Waals surface area contributed by atoms with Gasteiger partial charge in [0, 0.05) is 26.1 Å². The molecule has 1 saturated heterocycles. The lowest BCUT2D eigenvalue weighted by Gasteiger charge is -2.15. The van der Waals surface area contributed by atoms with E-state index < -0.39 is 0 Å². The van der Waals surface area contributed by atoms with E-state index in [4.69, 9.17) is 11.1 Å². The van der Waals surface area contributed by atoms with Crippen molar-refractivity contribution in [1.29, 1.82) is 5.41 Å². The number of rotatable bonds is 5. The number of nitrogens with one attached hydrogen (secondary N) is 2. The molecule has 0 atom stereocenters. The van der Waals surface area contributed by atoms with Crippen LogP contribution < -0.4 is 11.1 Å². The van der Waals surface area contributed by atoms with Gasteiger partial charge in [-0.15, -0.1) is 0 Å². The third kappa shape index (κ3) is 4.67. The number of urea groups is 1. The van der Waals surface area contributed by atoms with Gasteiger partial charge < -0.3 is 16.0 Å². The van der Waals surface area contributed by atoms with Gasteiger partial charge in [-0.05, 0) is 25.7 Å². The molecule has 4 N–H and O–H groups in total. The molecule has 15 heavy (non-hydrogen) atoms. The van der Waals surface area contributed by atoms with E-state index in [1.54, 1.807) is 0 Å². The normalized spacial score (nSPS) is 15.3. The second kappa shape index (κ2) is 6.27. The number of unbranched alkanes of at least 4 members (excludes halogenated alkanes) is 1. The van der Waals surface area contributed by atoms with Gasteiger partial charge >= 0.3 is 6.03 Å². The zero-order valence-corrected chi connectivity index (χ0v) is 9.09. The molecule has 5 heteroatoms. The topological polar surface area (TPSA) is 82.2 Å². The summed E-state index contributed by atoms with van der Waals surface area (Å²) in [7, 11) is 0. The third-order valence-electron chi connectivity index (χ3n) is 2.54. The van der Waals surface area contributed by atoms with Crippen LogP contribution in [0.5, 0.6) is 0 Å². The van der Waals surface area contributed by atoms with E-state index in [9.17, 15) is 4.79 Å². The van der Waals surface area contributed by atoms with Gasteiger partial charge in [-0.3, -0.25) is 5.41 Å². The van der Waals surface area contributed by atoms with E-state index in [1.807, 2.05) is 4.90 Å². The number of nitrogens with zero attached hydrogens (tertiary/aromatic N) is 1. The fourth-order valence-electron chi connectivity index (χ4n) is 1.67. The van der Waals surface area contributed by atoms with E-state index in [-0.39, 0.29) is 11.9 Å². The summed E-state index contributed by atoms with van der Waals surface area (Å²) >= 11 is 0. The van der Waals surface area contributed by atoms with E-state index in [1.165, 1.54) is 0 Å². The molecule has 1 rings (SSSR count). The molecular weight excluding hydrogens is 192 g/mol. The molecule has 1 aliphatic heterocycles. The molecule has 2 amide bonds. The van der Waals surface area contributed by atoms with Gasteiger partial charge in [0.1, 0.15) is 0 Å². The summed E-state index contributed by atoms with van der Waals surface area (Å²) in [5.41, 5.74) is 5.22. The average Bonchev–Trinajstić information content (AvgIpc) is 2.69. The first kappa shape index (κ1) is 11.8. The number of hydrogen-bond acceptors (Lipinski definition) is 2. The number of carbonyl (C=O) groups is 1. The van der Waals surface area contributed by atoms with Crippen LogP contribution in [0, 0.1) is 5.41 Å². The van der Waals surface area contributed by atoms with Crippen molar-refractivity contribution in [3.8, 4) is 0 Å². The number of nitrogens with two attached hydrogens (primary N) is 1. The molecule has 1 aliphatic rings. The summed E-state index contributed by atoms with van der Waals surface area (Å²) in [6, 6.07) is 0.0512. The van der Waals surface area contributed by atoms with E-state index in [0.717, 1.165) is 38.8 Å². The Morgan fingerprint density at radius 1 is 1.33 bits per heavy atom. The summed E-state index contributed by atoms with van der Waals surface area (Å²) < 4.78 is 0. The molecule has 0 bridgehead atoms. The van der Waals surface area contributed by atoms with Crippen molar-refractivity contribution in [3.63, 3.8) is 0 Å². The van der Waals surface area contributed by atoms with Crippen molar-refractivity contribution in [1.82, 2.24) is 10.2 Å². The highest BCUT2D eigenvalue weighted by Crippen LogP contribution is 2.06.